The van der Waals surface area contributed by atoms with Crippen molar-refractivity contribution in [3.05, 3.63) is 70.5 Å². The van der Waals surface area contributed by atoms with Gasteiger partial charge in [-0.05, 0) is 36.8 Å². The minimum absolute atomic E-state index is 0.0193. The van der Waals surface area contributed by atoms with Crippen LogP contribution in [0, 0.1) is 5.82 Å². The van der Waals surface area contributed by atoms with Crippen molar-refractivity contribution in [3.63, 3.8) is 0 Å². The third-order valence-electron chi connectivity index (χ3n) is 5.42. The van der Waals surface area contributed by atoms with Crippen molar-refractivity contribution in [2.45, 2.75) is 19.6 Å². The lowest BCUT2D eigenvalue weighted by atomic mass is 9.89. The van der Waals surface area contributed by atoms with Gasteiger partial charge in [0.15, 0.2) is 5.57 Å². The summed E-state index contributed by atoms with van der Waals surface area (Å²) in [7, 11) is 1.37. The molecule has 3 rings (SSSR count). The molecule has 1 unspecified atom stereocenters. The topological polar surface area (TPSA) is 63.6 Å². The molecule has 31 heavy (non-hydrogen) atoms. The molecule has 1 atom stereocenters. The van der Waals surface area contributed by atoms with E-state index < -0.39 is 39.5 Å². The van der Waals surface area contributed by atoms with Gasteiger partial charge in [-0.2, -0.15) is 13.2 Å². The van der Waals surface area contributed by atoms with Gasteiger partial charge in [0.25, 0.3) is 0 Å². The van der Waals surface area contributed by atoms with Crippen LogP contribution in [0.3, 0.4) is 0 Å². The standard InChI is InChI=1S/C22H19F4NO4/c1-13-17-8-5-15(22(24,25)26)11-18(17)27(9-10-31-2,20(28)19(13)21(29)30)12-14-3-6-16(23)7-4-14/h3-8,11H,9-10,12H2,1-2H3/p+1. The number of amides is 1. The molecule has 1 aliphatic heterocycles. The summed E-state index contributed by atoms with van der Waals surface area (Å²) in [5.74, 6) is -2.83. The van der Waals surface area contributed by atoms with Crippen molar-refractivity contribution >= 4 is 23.1 Å². The van der Waals surface area contributed by atoms with E-state index in [1.165, 1.54) is 44.4 Å². The van der Waals surface area contributed by atoms with Crippen molar-refractivity contribution in [2.75, 3.05) is 20.3 Å². The van der Waals surface area contributed by atoms with E-state index in [0.717, 1.165) is 12.1 Å². The van der Waals surface area contributed by atoms with Crippen molar-refractivity contribution in [3.8, 4) is 0 Å². The van der Waals surface area contributed by atoms with Gasteiger partial charge in [0.2, 0.25) is 0 Å². The summed E-state index contributed by atoms with van der Waals surface area (Å²) in [4.78, 5) is 25.4. The molecule has 0 aromatic heterocycles. The molecule has 0 bridgehead atoms. The van der Waals surface area contributed by atoms with Gasteiger partial charge < -0.3 is 9.84 Å². The van der Waals surface area contributed by atoms with Gasteiger partial charge in [-0.1, -0.05) is 12.1 Å². The Bertz CT molecular complexity index is 1060. The zero-order valence-corrected chi connectivity index (χ0v) is 16.8. The molecule has 1 heterocycles. The predicted molar refractivity (Wildman–Crippen MR) is 105 cm³/mol. The number of halogens is 4. The Morgan fingerprint density at radius 3 is 2.32 bits per heavy atom. The molecule has 0 saturated carbocycles. The molecule has 0 fully saturated rings. The van der Waals surface area contributed by atoms with Crippen molar-refractivity contribution in [1.29, 1.82) is 0 Å². The van der Waals surface area contributed by atoms with E-state index in [2.05, 4.69) is 0 Å². The number of carboxylic acid groups (broad SMARTS) is 1. The van der Waals surface area contributed by atoms with E-state index in [1.54, 1.807) is 0 Å². The van der Waals surface area contributed by atoms with Crippen LogP contribution in [-0.4, -0.2) is 37.2 Å². The second kappa shape index (κ2) is 8.24. The lowest BCUT2D eigenvalue weighted by molar-refractivity contribution is -0.140. The van der Waals surface area contributed by atoms with Crippen LogP contribution in [0.4, 0.5) is 23.2 Å². The Morgan fingerprint density at radius 2 is 1.77 bits per heavy atom. The van der Waals surface area contributed by atoms with E-state index >= 15 is 0 Å². The van der Waals surface area contributed by atoms with Crippen LogP contribution in [0.15, 0.2) is 48.0 Å². The summed E-state index contributed by atoms with van der Waals surface area (Å²) in [6.07, 6.45) is -4.66. The number of carboxylic acids is 1. The largest absolute Gasteiger partial charge is 0.477 e. The van der Waals surface area contributed by atoms with E-state index in [4.69, 9.17) is 4.74 Å². The maximum absolute atomic E-state index is 13.5. The number of benzene rings is 2. The minimum atomic E-state index is -4.66. The number of nitrogens with zero attached hydrogens (tertiary/aromatic N) is 1. The van der Waals surface area contributed by atoms with Crippen molar-refractivity contribution < 1.29 is 37.0 Å². The third kappa shape index (κ3) is 4.11. The first kappa shape index (κ1) is 22.6. The molecular formula is C22H20F4NO4+. The number of allylic oxidation sites excluding steroid dienone is 1. The molecule has 0 saturated heterocycles. The van der Waals surface area contributed by atoms with Gasteiger partial charge in [-0.25, -0.2) is 18.5 Å². The number of quaternary nitrogens is 1. The fourth-order valence-corrected chi connectivity index (χ4v) is 3.86. The second-order valence-electron chi connectivity index (χ2n) is 7.31. The summed E-state index contributed by atoms with van der Waals surface area (Å²) in [6, 6.07) is 8.09. The number of hydrogen-bond donors (Lipinski definition) is 1. The highest BCUT2D eigenvalue weighted by molar-refractivity contribution is 6.26. The number of carbonyl (C=O) groups excluding carboxylic acids is 1. The Balaban J connectivity index is 2.32. The van der Waals surface area contributed by atoms with Gasteiger partial charge in [0.1, 0.15) is 24.6 Å². The van der Waals surface area contributed by atoms with Crippen LogP contribution in [0.5, 0.6) is 0 Å². The van der Waals surface area contributed by atoms with E-state index in [0.29, 0.717) is 5.56 Å². The SMILES string of the molecule is COCC[N+]1(Cc2ccc(F)cc2)C(=O)C(C(=O)O)=C(C)c2ccc(C(F)(F)F)cc21. The summed E-state index contributed by atoms with van der Waals surface area (Å²) in [5.41, 5.74) is -0.632. The molecule has 2 aromatic carbocycles. The lowest BCUT2D eigenvalue weighted by Gasteiger charge is -2.40. The normalized spacial score (nSPS) is 18.8. The second-order valence-corrected chi connectivity index (χ2v) is 7.31. The number of rotatable bonds is 6. The Hall–Kier alpha value is -3.04. The Morgan fingerprint density at radius 1 is 1.13 bits per heavy atom. The van der Waals surface area contributed by atoms with E-state index in [1.807, 2.05) is 0 Å². The molecule has 1 amide bonds. The molecule has 0 spiro atoms. The van der Waals surface area contributed by atoms with Crippen LogP contribution in [-0.2, 0) is 27.0 Å². The molecule has 164 valence electrons. The zero-order valence-electron chi connectivity index (χ0n) is 16.8. The lowest BCUT2D eigenvalue weighted by Crippen LogP contribution is -2.58. The average Bonchev–Trinajstić information content (AvgIpc) is 2.70. The first-order chi connectivity index (χ1) is 14.5. The maximum Gasteiger partial charge on any atom is 0.416 e. The molecule has 0 aliphatic carbocycles. The summed E-state index contributed by atoms with van der Waals surface area (Å²) >= 11 is 0. The summed E-state index contributed by atoms with van der Waals surface area (Å²) < 4.78 is 58.2. The fourth-order valence-electron chi connectivity index (χ4n) is 3.86. The van der Waals surface area contributed by atoms with Crippen LogP contribution in [0.2, 0.25) is 0 Å². The fraction of sp³-hybridized carbons (Fsp3) is 0.273. The van der Waals surface area contributed by atoms with Gasteiger partial charge in [0, 0.05) is 24.3 Å². The predicted octanol–water partition coefficient (Wildman–Crippen LogP) is 4.40. The maximum atomic E-state index is 13.5. The highest BCUT2D eigenvalue weighted by Crippen LogP contribution is 2.44. The highest BCUT2D eigenvalue weighted by Gasteiger charge is 2.50. The number of carbonyl (C=O) groups is 2. The molecule has 1 aliphatic rings. The Kier molecular flexibility index (Phi) is 6.02. The van der Waals surface area contributed by atoms with Crippen molar-refractivity contribution in [2.24, 2.45) is 0 Å². The monoisotopic (exact) mass is 438 g/mol. The van der Waals surface area contributed by atoms with Crippen LogP contribution < -0.4 is 4.48 Å². The quantitative estimate of drug-likeness (QED) is 0.413. The van der Waals surface area contributed by atoms with Gasteiger partial charge >= 0.3 is 18.1 Å². The number of hydrogen-bond acceptors (Lipinski definition) is 3. The van der Waals surface area contributed by atoms with E-state index in [-0.39, 0.29) is 36.5 Å². The number of methoxy groups -OCH3 is 1. The van der Waals surface area contributed by atoms with Gasteiger partial charge in [-0.15, -0.1) is 0 Å². The first-order valence-electron chi connectivity index (χ1n) is 9.33. The third-order valence-corrected chi connectivity index (χ3v) is 5.42. The van der Waals surface area contributed by atoms with Crippen LogP contribution in [0.25, 0.3) is 5.57 Å². The smallest absolute Gasteiger partial charge is 0.416 e. The Labute approximate surface area is 175 Å². The minimum Gasteiger partial charge on any atom is -0.477 e. The molecule has 5 nitrogen and oxygen atoms in total. The molecular weight excluding hydrogens is 418 g/mol. The molecule has 1 N–H and O–H groups in total. The van der Waals surface area contributed by atoms with E-state index in [9.17, 15) is 32.3 Å². The zero-order chi connectivity index (χ0) is 23.0. The summed E-state index contributed by atoms with van der Waals surface area (Å²) in [6.45, 7) is 1.11. The molecule has 2 aromatic rings. The van der Waals surface area contributed by atoms with Crippen LogP contribution in [0.1, 0.15) is 23.6 Å². The average molecular weight is 438 g/mol. The summed E-state index contributed by atoms with van der Waals surface area (Å²) in [5, 5.41) is 9.70. The number of fused-ring (bicyclic) bond motifs is 1. The van der Waals surface area contributed by atoms with Gasteiger partial charge in [0.05, 0.1) is 12.2 Å². The van der Waals surface area contributed by atoms with Crippen molar-refractivity contribution in [1.82, 2.24) is 4.48 Å². The van der Waals surface area contributed by atoms with Crippen LogP contribution >= 0.6 is 0 Å². The highest BCUT2D eigenvalue weighted by atomic mass is 19.4. The first-order valence-corrected chi connectivity index (χ1v) is 9.33. The molecule has 9 heteroatoms. The van der Waals surface area contributed by atoms with Gasteiger partial charge in [-0.3, -0.25) is 0 Å². The number of ether oxygens (including phenoxy) is 1. The number of aliphatic carboxylic acids is 1. The number of alkyl halides is 3. The molecule has 0 radical (unpaired) electrons.